The van der Waals surface area contributed by atoms with Crippen molar-refractivity contribution in [2.24, 2.45) is 0 Å². The van der Waals surface area contributed by atoms with Gasteiger partial charge in [0.15, 0.2) is 5.82 Å². The molecule has 0 spiro atoms. The topological polar surface area (TPSA) is 78.2 Å². The van der Waals surface area contributed by atoms with Gasteiger partial charge in [0.05, 0.1) is 36.5 Å². The van der Waals surface area contributed by atoms with Crippen LogP contribution in [0.25, 0.3) is 16.6 Å². The molecular formula is C27H31FN6O2. The lowest BCUT2D eigenvalue weighted by molar-refractivity contribution is 0.199. The molecule has 36 heavy (non-hydrogen) atoms. The molecule has 0 N–H and O–H groups in total. The van der Waals surface area contributed by atoms with E-state index in [0.29, 0.717) is 18.0 Å². The van der Waals surface area contributed by atoms with E-state index in [4.69, 9.17) is 14.6 Å². The van der Waals surface area contributed by atoms with E-state index in [9.17, 15) is 0 Å². The highest BCUT2D eigenvalue weighted by molar-refractivity contribution is 5.86. The van der Waals surface area contributed by atoms with Gasteiger partial charge in [0.1, 0.15) is 22.7 Å². The van der Waals surface area contributed by atoms with Gasteiger partial charge in [0.2, 0.25) is 0 Å². The van der Waals surface area contributed by atoms with E-state index in [2.05, 4.69) is 20.1 Å². The predicted octanol–water partition coefficient (Wildman–Crippen LogP) is 4.75. The van der Waals surface area contributed by atoms with Crippen molar-refractivity contribution in [1.82, 2.24) is 29.9 Å². The molecule has 5 rings (SSSR count). The summed E-state index contributed by atoms with van der Waals surface area (Å²) < 4.78 is 27.6. The normalized spacial score (nSPS) is 14.9. The Morgan fingerprint density at radius 3 is 2.64 bits per heavy atom. The Labute approximate surface area is 210 Å². The van der Waals surface area contributed by atoms with Gasteiger partial charge in [-0.05, 0) is 71.0 Å². The zero-order valence-corrected chi connectivity index (χ0v) is 21.2. The van der Waals surface area contributed by atoms with E-state index in [1.165, 1.54) is 6.07 Å². The minimum Gasteiger partial charge on any atom is -0.495 e. The fourth-order valence-corrected chi connectivity index (χ4v) is 5.07. The molecule has 0 aliphatic carbocycles. The van der Waals surface area contributed by atoms with Crippen LogP contribution in [0.1, 0.15) is 48.5 Å². The first kappa shape index (κ1) is 24.1. The summed E-state index contributed by atoms with van der Waals surface area (Å²) in [4.78, 5) is 6.88. The van der Waals surface area contributed by atoms with Gasteiger partial charge in [-0.2, -0.15) is 15.3 Å². The first-order chi connectivity index (χ1) is 17.5. The van der Waals surface area contributed by atoms with Gasteiger partial charge in [0, 0.05) is 30.1 Å². The largest absolute Gasteiger partial charge is 0.495 e. The van der Waals surface area contributed by atoms with E-state index in [1.807, 2.05) is 32.9 Å². The number of hydrogen-bond donors (Lipinski definition) is 0. The molecule has 0 saturated carbocycles. The Hall–Kier alpha value is -3.59. The number of nitrogens with zero attached hydrogens (tertiary/aromatic N) is 6. The van der Waals surface area contributed by atoms with Crippen LogP contribution in [-0.4, -0.2) is 56.7 Å². The first-order valence-electron chi connectivity index (χ1n) is 12.4. The van der Waals surface area contributed by atoms with Crippen molar-refractivity contribution in [3.05, 3.63) is 65.1 Å². The summed E-state index contributed by atoms with van der Waals surface area (Å²) in [6, 6.07) is 8.71. The summed E-state index contributed by atoms with van der Waals surface area (Å²) in [6.45, 7) is 8.81. The number of hydrogen-bond acceptors (Lipinski definition) is 7. The Bertz CT molecular complexity index is 1380. The Morgan fingerprint density at radius 1 is 1.11 bits per heavy atom. The summed E-state index contributed by atoms with van der Waals surface area (Å²) in [5.41, 5.74) is 4.67. The molecule has 8 nitrogen and oxygen atoms in total. The molecule has 1 saturated heterocycles. The quantitative estimate of drug-likeness (QED) is 0.370. The SMILES string of the molecule is CCOc1ccc(-n2nc3c(C4CCN(Cc5ncccc5OC)CC4)nnc(C)c3c2C)c(F)c1. The molecule has 4 heterocycles. The average molecular weight is 491 g/mol. The van der Waals surface area contributed by atoms with Gasteiger partial charge >= 0.3 is 0 Å². The van der Waals surface area contributed by atoms with Crippen molar-refractivity contribution < 1.29 is 13.9 Å². The number of ether oxygens (including phenoxy) is 2. The molecule has 3 aromatic heterocycles. The van der Waals surface area contributed by atoms with Crippen molar-refractivity contribution in [2.75, 3.05) is 26.8 Å². The van der Waals surface area contributed by atoms with Crippen LogP contribution >= 0.6 is 0 Å². The minimum atomic E-state index is -0.379. The number of methoxy groups -OCH3 is 1. The number of fused-ring (bicyclic) bond motifs is 1. The third kappa shape index (κ3) is 4.51. The molecule has 1 fully saturated rings. The van der Waals surface area contributed by atoms with Crippen molar-refractivity contribution >= 4 is 10.9 Å². The first-order valence-corrected chi connectivity index (χ1v) is 12.4. The summed E-state index contributed by atoms with van der Waals surface area (Å²) in [6.07, 6.45) is 3.67. The Kier molecular flexibility index (Phi) is 6.82. The number of piperidine rings is 1. The fraction of sp³-hybridized carbons (Fsp3) is 0.407. The lowest BCUT2D eigenvalue weighted by Crippen LogP contribution is -2.33. The van der Waals surface area contributed by atoms with Crippen LogP contribution in [0.3, 0.4) is 0 Å². The highest BCUT2D eigenvalue weighted by Gasteiger charge is 2.27. The Morgan fingerprint density at radius 2 is 1.92 bits per heavy atom. The molecule has 188 valence electrons. The van der Waals surface area contributed by atoms with Crippen molar-refractivity contribution in [2.45, 2.75) is 46.1 Å². The van der Waals surface area contributed by atoms with Crippen molar-refractivity contribution in [3.63, 3.8) is 0 Å². The number of aromatic nitrogens is 5. The monoisotopic (exact) mass is 490 g/mol. The molecule has 0 bridgehead atoms. The second kappa shape index (κ2) is 10.2. The van der Waals surface area contributed by atoms with E-state index in [-0.39, 0.29) is 11.7 Å². The van der Waals surface area contributed by atoms with Crippen LogP contribution in [0.4, 0.5) is 4.39 Å². The second-order valence-electron chi connectivity index (χ2n) is 9.14. The van der Waals surface area contributed by atoms with Gasteiger partial charge < -0.3 is 9.47 Å². The van der Waals surface area contributed by atoms with E-state index in [0.717, 1.165) is 71.9 Å². The maximum atomic E-state index is 15.0. The molecule has 9 heteroatoms. The lowest BCUT2D eigenvalue weighted by atomic mass is 9.92. The van der Waals surface area contributed by atoms with Crippen molar-refractivity contribution in [1.29, 1.82) is 0 Å². The highest BCUT2D eigenvalue weighted by Crippen LogP contribution is 2.34. The van der Waals surface area contributed by atoms with Crippen LogP contribution in [-0.2, 0) is 6.54 Å². The molecule has 0 radical (unpaired) electrons. The molecule has 1 aromatic carbocycles. The summed E-state index contributed by atoms with van der Waals surface area (Å²) in [5.74, 6) is 1.17. The van der Waals surface area contributed by atoms with E-state index >= 15 is 4.39 Å². The number of pyridine rings is 1. The highest BCUT2D eigenvalue weighted by atomic mass is 19.1. The third-order valence-electron chi connectivity index (χ3n) is 6.90. The maximum Gasteiger partial charge on any atom is 0.152 e. The summed E-state index contributed by atoms with van der Waals surface area (Å²) in [7, 11) is 1.67. The minimum absolute atomic E-state index is 0.232. The smallest absolute Gasteiger partial charge is 0.152 e. The standard InChI is InChI=1S/C27H31FN6O2/c1-5-36-20-8-9-23(21(28)15-20)34-18(3)25-17(2)30-31-26(27(25)32-34)19-10-13-33(14-11-19)16-22-24(35-4)7-6-12-29-22/h6-9,12,15,19H,5,10-11,13-14,16H2,1-4H3. The number of rotatable bonds is 7. The fourth-order valence-electron chi connectivity index (χ4n) is 5.07. The molecule has 4 aromatic rings. The third-order valence-corrected chi connectivity index (χ3v) is 6.90. The average Bonchev–Trinajstić information content (AvgIpc) is 3.23. The molecular weight excluding hydrogens is 459 g/mol. The van der Waals surface area contributed by atoms with E-state index < -0.39 is 0 Å². The molecule has 1 aliphatic rings. The zero-order chi connectivity index (χ0) is 25.2. The molecule has 0 amide bonds. The molecule has 1 aliphatic heterocycles. The van der Waals surface area contributed by atoms with Crippen LogP contribution in [0.15, 0.2) is 36.5 Å². The number of halogens is 1. The maximum absolute atomic E-state index is 15.0. The van der Waals surface area contributed by atoms with Gasteiger partial charge in [-0.1, -0.05) is 0 Å². The van der Waals surface area contributed by atoms with Crippen LogP contribution < -0.4 is 9.47 Å². The van der Waals surface area contributed by atoms with Gasteiger partial charge in [-0.15, -0.1) is 0 Å². The number of likely N-dealkylation sites (tertiary alicyclic amines) is 1. The van der Waals surface area contributed by atoms with E-state index in [1.54, 1.807) is 30.1 Å². The zero-order valence-electron chi connectivity index (χ0n) is 21.2. The number of aryl methyl sites for hydroxylation is 2. The summed E-state index contributed by atoms with van der Waals surface area (Å²) in [5, 5.41) is 14.8. The number of benzene rings is 1. The van der Waals surface area contributed by atoms with Crippen molar-refractivity contribution in [3.8, 4) is 17.2 Å². The molecule has 0 unspecified atom stereocenters. The molecule has 0 atom stereocenters. The van der Waals surface area contributed by atoms with Gasteiger partial charge in [-0.25, -0.2) is 9.07 Å². The van der Waals surface area contributed by atoms with Crippen LogP contribution in [0, 0.1) is 19.7 Å². The second-order valence-corrected chi connectivity index (χ2v) is 9.14. The van der Waals surface area contributed by atoms with Gasteiger partial charge in [0.25, 0.3) is 0 Å². The predicted molar refractivity (Wildman–Crippen MR) is 135 cm³/mol. The summed E-state index contributed by atoms with van der Waals surface area (Å²) >= 11 is 0. The van der Waals surface area contributed by atoms with Gasteiger partial charge in [-0.3, -0.25) is 9.88 Å². The Balaban J connectivity index is 1.41. The van der Waals surface area contributed by atoms with Crippen LogP contribution in [0.2, 0.25) is 0 Å². The lowest BCUT2D eigenvalue weighted by Gasteiger charge is -2.31. The van der Waals surface area contributed by atoms with Crippen LogP contribution in [0.5, 0.6) is 11.5 Å².